The average molecular weight is 180 g/mol. The van der Waals surface area contributed by atoms with Crippen LogP contribution in [0.2, 0.25) is 5.02 Å². The molecule has 0 fully saturated rings. The lowest BCUT2D eigenvalue weighted by atomic mass is 9.95. The summed E-state index contributed by atoms with van der Waals surface area (Å²) in [7, 11) is 6.73. The van der Waals surface area contributed by atoms with Gasteiger partial charge in [-0.15, -0.1) is 0 Å². The molecule has 2 radical (unpaired) electrons. The maximum atomic E-state index is 11.0. The first-order chi connectivity index (χ1) is 5.65. The number of benzene rings is 1. The quantitative estimate of drug-likeness (QED) is 0.474. The van der Waals surface area contributed by atoms with Crippen LogP contribution in [0.15, 0.2) is 18.2 Å². The Labute approximate surface area is 76.9 Å². The number of carbonyl (C=O) groups excluding carboxylic acids is 1. The van der Waals surface area contributed by atoms with Crippen molar-refractivity contribution in [2.75, 3.05) is 7.11 Å². The van der Waals surface area contributed by atoms with Gasteiger partial charge in [0.2, 0.25) is 0 Å². The largest absolute Gasteiger partial charge is 0.465 e. The zero-order valence-electron chi connectivity index (χ0n) is 6.50. The van der Waals surface area contributed by atoms with Crippen LogP contribution in [0.1, 0.15) is 10.4 Å². The monoisotopic (exact) mass is 180 g/mol. The fourth-order valence-electron chi connectivity index (χ4n) is 0.807. The van der Waals surface area contributed by atoms with Gasteiger partial charge in [-0.25, -0.2) is 4.79 Å². The van der Waals surface area contributed by atoms with Crippen LogP contribution in [-0.2, 0) is 4.74 Å². The molecular weight excluding hydrogens is 174 g/mol. The molecule has 2 nitrogen and oxygen atoms in total. The van der Waals surface area contributed by atoms with E-state index in [9.17, 15) is 4.79 Å². The Morgan fingerprint density at radius 2 is 2.25 bits per heavy atom. The molecule has 0 aromatic heterocycles. The molecule has 0 saturated carbocycles. The third-order valence-electron chi connectivity index (χ3n) is 1.40. The summed E-state index contributed by atoms with van der Waals surface area (Å²) in [5.41, 5.74) is 0.848. The van der Waals surface area contributed by atoms with Crippen molar-refractivity contribution >= 4 is 30.9 Å². The molecule has 0 amide bonds. The van der Waals surface area contributed by atoms with Gasteiger partial charge in [0.05, 0.1) is 17.7 Å². The van der Waals surface area contributed by atoms with Crippen LogP contribution < -0.4 is 5.46 Å². The molecule has 60 valence electrons. The Kier molecular flexibility index (Phi) is 2.76. The van der Waals surface area contributed by atoms with Gasteiger partial charge in [-0.1, -0.05) is 23.1 Å². The molecule has 0 bridgehead atoms. The van der Waals surface area contributed by atoms with Crippen LogP contribution in [0.25, 0.3) is 0 Å². The number of rotatable bonds is 1. The molecule has 0 heterocycles. The standard InChI is InChI=1S/C8H6BClO2/c1-12-8(11)6-3-2-5(9)4-7(6)10/h2-4H,1H3. The number of hydrogen-bond donors (Lipinski definition) is 0. The first-order valence-corrected chi connectivity index (χ1v) is 3.66. The Bertz CT molecular complexity index is 312. The third kappa shape index (κ3) is 1.80. The van der Waals surface area contributed by atoms with Crippen molar-refractivity contribution in [3.63, 3.8) is 0 Å². The molecule has 1 rings (SSSR count). The molecule has 0 unspecified atom stereocenters. The Morgan fingerprint density at radius 3 is 2.75 bits per heavy atom. The van der Waals surface area contributed by atoms with Crippen molar-refractivity contribution < 1.29 is 9.53 Å². The van der Waals surface area contributed by atoms with E-state index in [0.29, 0.717) is 16.0 Å². The van der Waals surface area contributed by atoms with Gasteiger partial charge in [-0.2, -0.15) is 0 Å². The summed E-state index contributed by atoms with van der Waals surface area (Å²) in [5.74, 6) is -0.458. The van der Waals surface area contributed by atoms with Crippen molar-refractivity contribution in [1.82, 2.24) is 0 Å². The summed E-state index contributed by atoms with van der Waals surface area (Å²) >= 11 is 5.72. The molecule has 0 aliphatic rings. The first-order valence-electron chi connectivity index (χ1n) is 3.28. The van der Waals surface area contributed by atoms with E-state index in [1.807, 2.05) is 0 Å². The van der Waals surface area contributed by atoms with Crippen LogP contribution in [-0.4, -0.2) is 20.9 Å². The van der Waals surface area contributed by atoms with E-state index in [2.05, 4.69) is 4.74 Å². The summed E-state index contributed by atoms with van der Waals surface area (Å²) in [5, 5.41) is 0.307. The van der Waals surface area contributed by atoms with Crippen LogP contribution in [0.3, 0.4) is 0 Å². The SMILES string of the molecule is [B]c1ccc(C(=O)OC)c(Cl)c1. The lowest BCUT2D eigenvalue weighted by Gasteiger charge is -2.02. The van der Waals surface area contributed by atoms with E-state index in [-0.39, 0.29) is 0 Å². The lowest BCUT2D eigenvalue weighted by molar-refractivity contribution is 0.0601. The van der Waals surface area contributed by atoms with E-state index in [1.54, 1.807) is 6.07 Å². The summed E-state index contributed by atoms with van der Waals surface area (Å²) < 4.78 is 4.49. The predicted octanol–water partition coefficient (Wildman–Crippen LogP) is 0.920. The van der Waals surface area contributed by atoms with Crippen LogP contribution >= 0.6 is 11.6 Å². The molecule has 0 atom stereocenters. The minimum Gasteiger partial charge on any atom is -0.465 e. The molecule has 0 N–H and O–H groups in total. The zero-order chi connectivity index (χ0) is 9.14. The Hall–Kier alpha value is -0.955. The number of ether oxygens (including phenoxy) is 1. The molecule has 1 aromatic rings. The van der Waals surface area contributed by atoms with Crippen molar-refractivity contribution in [2.45, 2.75) is 0 Å². The second-order valence-electron chi connectivity index (χ2n) is 2.23. The van der Waals surface area contributed by atoms with Crippen LogP contribution in [0.5, 0.6) is 0 Å². The predicted molar refractivity (Wildman–Crippen MR) is 48.2 cm³/mol. The molecular formula is C8H6BClO2. The maximum Gasteiger partial charge on any atom is 0.339 e. The highest BCUT2D eigenvalue weighted by Crippen LogP contribution is 2.14. The van der Waals surface area contributed by atoms with Crippen molar-refractivity contribution in [3.8, 4) is 0 Å². The van der Waals surface area contributed by atoms with E-state index in [0.717, 1.165) is 0 Å². The van der Waals surface area contributed by atoms with Crippen LogP contribution in [0, 0.1) is 0 Å². The summed E-state index contributed by atoms with van der Waals surface area (Å²) in [4.78, 5) is 11.0. The van der Waals surface area contributed by atoms with Gasteiger partial charge in [0.15, 0.2) is 0 Å². The van der Waals surface area contributed by atoms with E-state index < -0.39 is 5.97 Å². The smallest absolute Gasteiger partial charge is 0.339 e. The van der Waals surface area contributed by atoms with Gasteiger partial charge in [-0.05, 0) is 12.1 Å². The molecule has 0 saturated heterocycles. The summed E-state index contributed by atoms with van der Waals surface area (Å²) in [6.07, 6.45) is 0. The van der Waals surface area contributed by atoms with Gasteiger partial charge in [0.25, 0.3) is 0 Å². The Balaban J connectivity index is 3.09. The van der Waals surface area contributed by atoms with Gasteiger partial charge in [0, 0.05) is 0 Å². The number of halogens is 1. The number of methoxy groups -OCH3 is 1. The fraction of sp³-hybridized carbons (Fsp3) is 0.125. The van der Waals surface area contributed by atoms with E-state index >= 15 is 0 Å². The minimum absolute atomic E-state index is 0.307. The van der Waals surface area contributed by atoms with Crippen molar-refractivity contribution in [1.29, 1.82) is 0 Å². The molecule has 0 spiro atoms. The second kappa shape index (κ2) is 3.63. The topological polar surface area (TPSA) is 26.3 Å². The minimum atomic E-state index is -0.458. The molecule has 12 heavy (non-hydrogen) atoms. The maximum absolute atomic E-state index is 11.0. The van der Waals surface area contributed by atoms with Crippen LogP contribution in [0.4, 0.5) is 0 Å². The average Bonchev–Trinajstić information content (AvgIpc) is 2.03. The summed E-state index contributed by atoms with van der Waals surface area (Å²) in [6.45, 7) is 0. The number of esters is 1. The molecule has 0 aliphatic heterocycles. The molecule has 1 aromatic carbocycles. The van der Waals surface area contributed by atoms with Gasteiger partial charge < -0.3 is 4.74 Å². The Morgan fingerprint density at radius 1 is 1.58 bits per heavy atom. The number of hydrogen-bond acceptors (Lipinski definition) is 2. The van der Waals surface area contributed by atoms with Gasteiger partial charge >= 0.3 is 5.97 Å². The fourth-order valence-corrected chi connectivity index (χ4v) is 1.07. The van der Waals surface area contributed by atoms with E-state index in [1.165, 1.54) is 19.2 Å². The highest BCUT2D eigenvalue weighted by Gasteiger charge is 2.08. The second-order valence-corrected chi connectivity index (χ2v) is 2.64. The van der Waals surface area contributed by atoms with E-state index in [4.69, 9.17) is 19.4 Å². The summed E-state index contributed by atoms with van der Waals surface area (Å²) in [6, 6.07) is 4.63. The first kappa shape index (κ1) is 9.14. The number of carbonyl (C=O) groups is 1. The highest BCUT2D eigenvalue weighted by atomic mass is 35.5. The van der Waals surface area contributed by atoms with Gasteiger partial charge in [0.1, 0.15) is 7.85 Å². The molecule has 0 aliphatic carbocycles. The third-order valence-corrected chi connectivity index (χ3v) is 1.71. The highest BCUT2D eigenvalue weighted by molar-refractivity contribution is 6.37. The lowest BCUT2D eigenvalue weighted by Crippen LogP contribution is -2.07. The van der Waals surface area contributed by atoms with Gasteiger partial charge in [-0.3, -0.25) is 0 Å². The zero-order valence-corrected chi connectivity index (χ0v) is 7.26. The van der Waals surface area contributed by atoms with Crippen molar-refractivity contribution in [3.05, 3.63) is 28.8 Å². The molecule has 4 heteroatoms. The van der Waals surface area contributed by atoms with Crippen molar-refractivity contribution in [2.24, 2.45) is 0 Å². The normalized spacial score (nSPS) is 9.50.